The van der Waals surface area contributed by atoms with E-state index in [2.05, 4.69) is 32.1 Å². The average Bonchev–Trinajstić information content (AvgIpc) is 2.93. The van der Waals surface area contributed by atoms with Crippen molar-refractivity contribution in [3.05, 3.63) is 30.3 Å². The lowest BCUT2D eigenvalue weighted by atomic mass is 9.93. The highest BCUT2D eigenvalue weighted by molar-refractivity contribution is 5.95. The second-order valence-electron chi connectivity index (χ2n) is 10.1. The third kappa shape index (κ3) is 7.62. The highest BCUT2D eigenvalue weighted by Gasteiger charge is 2.28. The monoisotopic (exact) mass is 428 g/mol. The Hall–Kier alpha value is -1.92. The normalized spacial score (nSPS) is 19.6. The van der Waals surface area contributed by atoms with Crippen LogP contribution in [0, 0.1) is 0 Å². The maximum absolute atomic E-state index is 13.4. The van der Waals surface area contributed by atoms with Crippen molar-refractivity contribution in [2.45, 2.75) is 70.9 Å². The van der Waals surface area contributed by atoms with Crippen molar-refractivity contribution in [1.82, 2.24) is 15.1 Å². The van der Waals surface area contributed by atoms with E-state index in [0.29, 0.717) is 19.1 Å². The minimum atomic E-state index is -0.207. The molecule has 0 spiro atoms. The van der Waals surface area contributed by atoms with Crippen LogP contribution in [0.25, 0.3) is 0 Å². The Balaban J connectivity index is 1.57. The summed E-state index contributed by atoms with van der Waals surface area (Å²) in [6.07, 6.45) is 6.85. The van der Waals surface area contributed by atoms with Crippen LogP contribution < -0.4 is 10.2 Å². The quantitative estimate of drug-likeness (QED) is 0.756. The van der Waals surface area contributed by atoms with Crippen LogP contribution in [0.2, 0.25) is 0 Å². The average molecular weight is 429 g/mol. The molecule has 2 aliphatic rings. The van der Waals surface area contributed by atoms with E-state index in [4.69, 9.17) is 0 Å². The van der Waals surface area contributed by atoms with Gasteiger partial charge in [-0.25, -0.2) is 0 Å². The summed E-state index contributed by atoms with van der Waals surface area (Å²) >= 11 is 0. The summed E-state index contributed by atoms with van der Waals surface area (Å²) in [6.45, 7) is 10.3. The van der Waals surface area contributed by atoms with Crippen molar-refractivity contribution in [2.75, 3.05) is 44.2 Å². The zero-order valence-electron chi connectivity index (χ0n) is 19.6. The number of carbonyl (C=O) groups excluding carboxylic acids is 2. The molecule has 0 aromatic heterocycles. The van der Waals surface area contributed by atoms with E-state index in [1.807, 2.05) is 39.0 Å². The van der Waals surface area contributed by atoms with Gasteiger partial charge in [0.15, 0.2) is 0 Å². The number of amides is 2. The first-order valence-electron chi connectivity index (χ1n) is 11.9. The summed E-state index contributed by atoms with van der Waals surface area (Å²) in [4.78, 5) is 32.3. The first-order valence-corrected chi connectivity index (χ1v) is 11.9. The molecule has 2 amide bonds. The van der Waals surface area contributed by atoms with E-state index < -0.39 is 0 Å². The fourth-order valence-electron chi connectivity index (χ4n) is 4.76. The standard InChI is InChI=1S/C25H40N4O2/c1-25(2,3)26-23(30)19-27-15-10-16-28(18-17-27)20-24(31)29(21-11-6-4-7-12-21)22-13-8-5-9-14-22/h4,6-7,11-12,22H,5,8-10,13-20H2,1-3H3,(H,26,30). The van der Waals surface area contributed by atoms with E-state index >= 15 is 0 Å². The fraction of sp³-hybridized carbons (Fsp3) is 0.680. The van der Waals surface area contributed by atoms with Crippen LogP contribution in [0.1, 0.15) is 59.3 Å². The predicted octanol–water partition coefficient (Wildman–Crippen LogP) is 3.27. The van der Waals surface area contributed by atoms with Crippen molar-refractivity contribution < 1.29 is 9.59 Å². The molecule has 1 aromatic rings. The Morgan fingerprint density at radius 2 is 1.52 bits per heavy atom. The summed E-state index contributed by atoms with van der Waals surface area (Å²) in [5.74, 6) is 0.279. The lowest BCUT2D eigenvalue weighted by Crippen LogP contribution is -2.48. The summed E-state index contributed by atoms with van der Waals surface area (Å²) in [5.41, 5.74) is 0.816. The molecule has 1 aromatic carbocycles. The predicted molar refractivity (Wildman–Crippen MR) is 126 cm³/mol. The van der Waals surface area contributed by atoms with Gasteiger partial charge >= 0.3 is 0 Å². The zero-order chi connectivity index (χ0) is 22.3. The number of rotatable bonds is 6. The molecule has 1 N–H and O–H groups in total. The largest absolute Gasteiger partial charge is 0.350 e. The van der Waals surface area contributed by atoms with Crippen LogP contribution in [0.4, 0.5) is 5.69 Å². The van der Waals surface area contributed by atoms with E-state index in [-0.39, 0.29) is 17.4 Å². The maximum atomic E-state index is 13.4. The van der Waals surface area contributed by atoms with Gasteiger partial charge in [0, 0.05) is 30.4 Å². The molecule has 6 nitrogen and oxygen atoms in total. The van der Waals surface area contributed by atoms with Gasteiger partial charge in [-0.1, -0.05) is 37.5 Å². The Morgan fingerprint density at radius 1 is 0.903 bits per heavy atom. The maximum Gasteiger partial charge on any atom is 0.241 e. The van der Waals surface area contributed by atoms with Crippen LogP contribution in [-0.2, 0) is 9.59 Å². The van der Waals surface area contributed by atoms with Crippen molar-refractivity contribution in [3.8, 4) is 0 Å². The summed E-state index contributed by atoms with van der Waals surface area (Å²) < 4.78 is 0. The van der Waals surface area contributed by atoms with Gasteiger partial charge in [-0.3, -0.25) is 19.4 Å². The second-order valence-corrected chi connectivity index (χ2v) is 10.1. The number of hydrogen-bond donors (Lipinski definition) is 1. The molecule has 1 saturated heterocycles. The fourth-order valence-corrected chi connectivity index (χ4v) is 4.76. The highest BCUT2D eigenvalue weighted by atomic mass is 16.2. The van der Waals surface area contributed by atoms with Crippen molar-refractivity contribution in [2.24, 2.45) is 0 Å². The van der Waals surface area contributed by atoms with Gasteiger partial charge < -0.3 is 10.2 Å². The van der Waals surface area contributed by atoms with Crippen molar-refractivity contribution in [1.29, 1.82) is 0 Å². The number of nitrogens with zero attached hydrogens (tertiary/aromatic N) is 3. The van der Waals surface area contributed by atoms with Crippen LogP contribution >= 0.6 is 0 Å². The number of hydrogen-bond acceptors (Lipinski definition) is 4. The molecule has 3 rings (SSSR count). The smallest absolute Gasteiger partial charge is 0.241 e. The van der Waals surface area contributed by atoms with Gasteiger partial charge in [0.05, 0.1) is 13.1 Å². The topological polar surface area (TPSA) is 55.9 Å². The van der Waals surface area contributed by atoms with Gasteiger partial charge in [-0.2, -0.15) is 0 Å². The molecule has 0 radical (unpaired) electrons. The van der Waals surface area contributed by atoms with E-state index in [1.165, 1.54) is 19.3 Å². The Bertz CT molecular complexity index is 710. The first-order chi connectivity index (χ1) is 14.8. The third-order valence-electron chi connectivity index (χ3n) is 6.16. The number of benzene rings is 1. The zero-order valence-corrected chi connectivity index (χ0v) is 19.6. The van der Waals surface area contributed by atoms with E-state index in [1.54, 1.807) is 0 Å². The number of carbonyl (C=O) groups is 2. The highest BCUT2D eigenvalue weighted by Crippen LogP contribution is 2.27. The van der Waals surface area contributed by atoms with Crippen LogP contribution in [0.15, 0.2) is 30.3 Å². The molecule has 1 saturated carbocycles. The van der Waals surface area contributed by atoms with E-state index in [9.17, 15) is 9.59 Å². The Labute approximate surface area is 188 Å². The van der Waals surface area contributed by atoms with Crippen LogP contribution in [0.3, 0.4) is 0 Å². The van der Waals surface area contributed by atoms with Gasteiger partial charge in [0.25, 0.3) is 0 Å². The minimum absolute atomic E-state index is 0.0737. The van der Waals surface area contributed by atoms with Gasteiger partial charge in [0.2, 0.25) is 11.8 Å². The van der Waals surface area contributed by atoms with Crippen molar-refractivity contribution >= 4 is 17.5 Å². The lowest BCUT2D eigenvalue weighted by molar-refractivity contribution is -0.124. The molecule has 172 valence electrons. The Morgan fingerprint density at radius 3 is 2.13 bits per heavy atom. The van der Waals surface area contributed by atoms with Crippen LogP contribution in [-0.4, -0.2) is 72.5 Å². The molecule has 1 aliphatic heterocycles. The summed E-state index contributed by atoms with van der Waals surface area (Å²) in [6, 6.07) is 10.5. The molecular formula is C25H40N4O2. The van der Waals surface area contributed by atoms with Crippen LogP contribution in [0.5, 0.6) is 0 Å². The number of para-hydroxylation sites is 1. The van der Waals surface area contributed by atoms with Gasteiger partial charge in [-0.15, -0.1) is 0 Å². The van der Waals surface area contributed by atoms with E-state index in [0.717, 1.165) is 51.1 Å². The molecule has 1 aliphatic carbocycles. The summed E-state index contributed by atoms with van der Waals surface area (Å²) in [5, 5.41) is 3.04. The minimum Gasteiger partial charge on any atom is -0.350 e. The Kier molecular flexibility index (Phi) is 8.50. The first kappa shape index (κ1) is 23.7. The molecule has 6 heteroatoms. The molecule has 1 heterocycles. The van der Waals surface area contributed by atoms with Gasteiger partial charge in [-0.05, 0) is 65.3 Å². The molecule has 0 unspecified atom stereocenters. The third-order valence-corrected chi connectivity index (χ3v) is 6.16. The molecular weight excluding hydrogens is 388 g/mol. The SMILES string of the molecule is CC(C)(C)NC(=O)CN1CCCN(CC(=O)N(c2ccccc2)C2CCCCC2)CC1. The summed E-state index contributed by atoms with van der Waals surface area (Å²) in [7, 11) is 0. The molecule has 0 bridgehead atoms. The number of nitrogens with one attached hydrogen (secondary N) is 1. The van der Waals surface area contributed by atoms with Crippen molar-refractivity contribution in [3.63, 3.8) is 0 Å². The molecule has 31 heavy (non-hydrogen) atoms. The van der Waals surface area contributed by atoms with Gasteiger partial charge in [0.1, 0.15) is 0 Å². The molecule has 2 fully saturated rings. The second kappa shape index (κ2) is 11.1. The lowest BCUT2D eigenvalue weighted by Gasteiger charge is -2.36. The number of anilines is 1. The molecule has 0 atom stereocenters.